The highest BCUT2D eigenvalue weighted by atomic mass is 32.2. The van der Waals surface area contributed by atoms with Gasteiger partial charge in [-0.15, -0.1) is 0 Å². The average Bonchev–Trinajstić information content (AvgIpc) is 3.29. The van der Waals surface area contributed by atoms with Gasteiger partial charge in [-0.3, -0.25) is 4.79 Å². The highest BCUT2D eigenvalue weighted by molar-refractivity contribution is 8.03. The van der Waals surface area contributed by atoms with Gasteiger partial charge in [0.15, 0.2) is 12.1 Å². The summed E-state index contributed by atoms with van der Waals surface area (Å²) in [5, 5.41) is 8.01. The summed E-state index contributed by atoms with van der Waals surface area (Å²) in [6.07, 6.45) is 0. The Kier molecular flexibility index (Phi) is 7.28. The van der Waals surface area contributed by atoms with Crippen molar-refractivity contribution in [3.8, 4) is 5.75 Å². The Bertz CT molecular complexity index is 1140. The molecule has 1 saturated heterocycles. The molecule has 4 rings (SSSR count). The number of rotatable bonds is 7. The number of benzene rings is 2. The minimum absolute atomic E-state index is 0.0787. The van der Waals surface area contributed by atoms with Gasteiger partial charge in [-0.2, -0.15) is 4.31 Å². The van der Waals surface area contributed by atoms with Crippen molar-refractivity contribution in [2.75, 3.05) is 32.9 Å². The van der Waals surface area contributed by atoms with Crippen LogP contribution in [0.15, 0.2) is 52.8 Å². The molecule has 2 aliphatic heterocycles. The predicted octanol–water partition coefficient (Wildman–Crippen LogP) is 2.44. The van der Waals surface area contributed by atoms with E-state index in [0.29, 0.717) is 32.1 Å². The van der Waals surface area contributed by atoms with Crippen molar-refractivity contribution >= 4 is 33.4 Å². The van der Waals surface area contributed by atoms with Crippen LogP contribution in [0.3, 0.4) is 0 Å². The molecule has 0 spiro atoms. The van der Waals surface area contributed by atoms with Gasteiger partial charge < -0.3 is 20.1 Å². The molecular formula is C23H27N3O5S2. The summed E-state index contributed by atoms with van der Waals surface area (Å²) in [6, 6.07) is 12.5. The molecule has 176 valence electrons. The van der Waals surface area contributed by atoms with Crippen molar-refractivity contribution in [1.82, 2.24) is 14.9 Å². The van der Waals surface area contributed by atoms with E-state index in [0.717, 1.165) is 16.8 Å². The van der Waals surface area contributed by atoms with E-state index in [1.807, 2.05) is 37.5 Å². The summed E-state index contributed by atoms with van der Waals surface area (Å²) in [5.41, 5.74) is 3.61. The highest BCUT2D eigenvalue weighted by Gasteiger charge is 2.26. The molecule has 2 aliphatic rings. The molecule has 0 bridgehead atoms. The first-order valence-electron chi connectivity index (χ1n) is 10.6. The number of aryl methyl sites for hydroxylation is 2. The summed E-state index contributed by atoms with van der Waals surface area (Å²) < 4.78 is 37.8. The van der Waals surface area contributed by atoms with Gasteiger partial charge in [0.05, 0.1) is 23.8 Å². The maximum absolute atomic E-state index is 12.8. The number of nitrogens with zero attached hydrogens (tertiary/aromatic N) is 1. The molecule has 2 aromatic rings. The van der Waals surface area contributed by atoms with Gasteiger partial charge in [0.2, 0.25) is 10.0 Å². The number of hydrogen-bond acceptors (Lipinski definition) is 7. The van der Waals surface area contributed by atoms with Crippen LogP contribution >= 0.6 is 11.8 Å². The van der Waals surface area contributed by atoms with Crippen molar-refractivity contribution in [3.05, 3.63) is 64.6 Å². The largest absolute Gasteiger partial charge is 0.484 e. The summed E-state index contributed by atoms with van der Waals surface area (Å²) in [6.45, 7) is 5.49. The Balaban J connectivity index is 1.29. The number of amides is 1. The Morgan fingerprint density at radius 3 is 2.58 bits per heavy atom. The van der Waals surface area contributed by atoms with Gasteiger partial charge in [0.1, 0.15) is 5.75 Å². The van der Waals surface area contributed by atoms with Crippen LogP contribution in [0.5, 0.6) is 5.75 Å². The van der Waals surface area contributed by atoms with E-state index in [-0.39, 0.29) is 22.9 Å². The average molecular weight is 490 g/mol. The SMILES string of the molecule is Cc1ccc(OCC(=O)NC2NC(c3ccc(S(=O)(=O)N4CCOCC4)cc3)=CS2)cc1C. The molecule has 10 heteroatoms. The topological polar surface area (TPSA) is 97.0 Å². The number of morpholine rings is 1. The minimum atomic E-state index is -3.53. The number of thioether (sulfide) groups is 1. The summed E-state index contributed by atoms with van der Waals surface area (Å²) in [4.78, 5) is 12.5. The normalized spacial score (nSPS) is 19.0. The number of carbonyl (C=O) groups excluding carboxylic acids is 1. The first-order chi connectivity index (χ1) is 15.8. The van der Waals surface area contributed by atoms with Crippen LogP contribution in [0.2, 0.25) is 0 Å². The molecule has 0 saturated carbocycles. The lowest BCUT2D eigenvalue weighted by Crippen LogP contribution is -2.42. The standard InChI is InChI=1S/C23H27N3O5S2/c1-16-3-6-19(13-17(16)2)31-14-22(27)25-23-24-21(15-32-23)18-4-7-20(8-5-18)33(28,29)26-9-11-30-12-10-26/h3-8,13,15,23-24H,9-12,14H2,1-2H3,(H,25,27). The van der Waals surface area contributed by atoms with Crippen molar-refractivity contribution in [2.24, 2.45) is 0 Å². The van der Waals surface area contributed by atoms with E-state index >= 15 is 0 Å². The molecule has 1 unspecified atom stereocenters. The fraction of sp³-hybridized carbons (Fsp3) is 0.348. The molecule has 33 heavy (non-hydrogen) atoms. The summed E-state index contributed by atoms with van der Waals surface area (Å²) in [7, 11) is -3.53. The maximum atomic E-state index is 12.8. The molecule has 0 radical (unpaired) electrons. The molecule has 0 aromatic heterocycles. The van der Waals surface area contributed by atoms with Crippen LogP contribution in [-0.4, -0.2) is 57.0 Å². The maximum Gasteiger partial charge on any atom is 0.260 e. The number of ether oxygens (including phenoxy) is 2. The third-order valence-electron chi connectivity index (χ3n) is 5.52. The van der Waals surface area contributed by atoms with Crippen molar-refractivity contribution in [1.29, 1.82) is 0 Å². The fourth-order valence-corrected chi connectivity index (χ4v) is 5.73. The van der Waals surface area contributed by atoms with Gasteiger partial charge in [-0.1, -0.05) is 30.0 Å². The third-order valence-corrected chi connectivity index (χ3v) is 8.31. The molecule has 1 fully saturated rings. The molecule has 1 amide bonds. The van der Waals surface area contributed by atoms with Crippen LogP contribution in [0.1, 0.15) is 16.7 Å². The zero-order valence-corrected chi connectivity index (χ0v) is 20.2. The van der Waals surface area contributed by atoms with Crippen molar-refractivity contribution in [2.45, 2.75) is 24.2 Å². The highest BCUT2D eigenvalue weighted by Crippen LogP contribution is 2.27. The number of sulfonamides is 1. The van der Waals surface area contributed by atoms with E-state index in [1.165, 1.54) is 21.6 Å². The molecule has 0 aliphatic carbocycles. The zero-order valence-electron chi connectivity index (χ0n) is 18.5. The van der Waals surface area contributed by atoms with Crippen LogP contribution in [0.25, 0.3) is 5.70 Å². The third kappa shape index (κ3) is 5.70. The monoisotopic (exact) mass is 489 g/mol. The van der Waals surface area contributed by atoms with Crippen molar-refractivity contribution < 1.29 is 22.7 Å². The minimum Gasteiger partial charge on any atom is -0.484 e. The zero-order chi connectivity index (χ0) is 23.4. The van der Waals surface area contributed by atoms with Crippen LogP contribution in [0, 0.1) is 13.8 Å². The lowest BCUT2D eigenvalue weighted by molar-refractivity contribution is -0.123. The molecule has 1 atom stereocenters. The van der Waals surface area contributed by atoms with Crippen molar-refractivity contribution in [3.63, 3.8) is 0 Å². The lowest BCUT2D eigenvalue weighted by atomic mass is 10.1. The van der Waals surface area contributed by atoms with E-state index < -0.39 is 10.0 Å². The second kappa shape index (κ2) is 10.2. The van der Waals surface area contributed by atoms with E-state index in [9.17, 15) is 13.2 Å². The van der Waals surface area contributed by atoms with Gasteiger partial charge in [-0.05, 0) is 60.2 Å². The first-order valence-corrected chi connectivity index (χ1v) is 13.0. The van der Waals surface area contributed by atoms with Crippen LogP contribution in [-0.2, 0) is 19.6 Å². The van der Waals surface area contributed by atoms with Gasteiger partial charge in [-0.25, -0.2) is 8.42 Å². The first kappa shape index (κ1) is 23.6. The Labute approximate surface area is 198 Å². The Morgan fingerprint density at radius 1 is 1.15 bits per heavy atom. The second-order valence-electron chi connectivity index (χ2n) is 7.84. The molecule has 2 N–H and O–H groups in total. The molecular weight excluding hydrogens is 462 g/mol. The summed E-state index contributed by atoms with van der Waals surface area (Å²) in [5.74, 6) is 0.422. The van der Waals surface area contributed by atoms with Gasteiger partial charge >= 0.3 is 0 Å². The summed E-state index contributed by atoms with van der Waals surface area (Å²) >= 11 is 1.43. The Hall–Kier alpha value is -2.53. The Morgan fingerprint density at radius 2 is 1.88 bits per heavy atom. The van der Waals surface area contributed by atoms with E-state index in [4.69, 9.17) is 9.47 Å². The van der Waals surface area contributed by atoms with Gasteiger partial charge in [0.25, 0.3) is 5.91 Å². The molecule has 2 aromatic carbocycles. The van der Waals surface area contributed by atoms with E-state index in [2.05, 4.69) is 10.6 Å². The molecule has 2 heterocycles. The quantitative estimate of drug-likeness (QED) is 0.617. The molecule has 8 nitrogen and oxygen atoms in total. The van der Waals surface area contributed by atoms with Crippen LogP contribution < -0.4 is 15.4 Å². The lowest BCUT2D eigenvalue weighted by Gasteiger charge is -2.26. The smallest absolute Gasteiger partial charge is 0.260 e. The number of hydrogen-bond donors (Lipinski definition) is 2. The fourth-order valence-electron chi connectivity index (χ4n) is 3.45. The van der Waals surface area contributed by atoms with Gasteiger partial charge in [0, 0.05) is 13.1 Å². The number of carbonyl (C=O) groups is 1. The second-order valence-corrected chi connectivity index (χ2v) is 10.8. The van der Waals surface area contributed by atoms with Crippen LogP contribution in [0.4, 0.5) is 0 Å². The van der Waals surface area contributed by atoms with E-state index in [1.54, 1.807) is 24.3 Å². The number of nitrogens with one attached hydrogen (secondary N) is 2. The predicted molar refractivity (Wildman–Crippen MR) is 128 cm³/mol.